The largest absolute Gasteiger partial charge is 0.380 e. The molecule has 0 radical (unpaired) electrons. The molecule has 1 heterocycles. The average molecular weight is 353 g/mol. The molecule has 2 rings (SSSR count). The Morgan fingerprint density at radius 3 is 2.53 bits per heavy atom. The van der Waals surface area contributed by atoms with Gasteiger partial charge >= 0.3 is 0 Å². The molecule has 6 heteroatoms. The quantitative estimate of drug-likeness (QED) is 0.883. The van der Waals surface area contributed by atoms with Gasteiger partial charge in [0.2, 0.25) is 0 Å². The molecular formula is C13H7BrClN3S. The Hall–Kier alpha value is -1.53. The van der Waals surface area contributed by atoms with E-state index in [9.17, 15) is 0 Å². The Balaban J connectivity index is 2.12. The van der Waals surface area contributed by atoms with Crippen molar-refractivity contribution >= 4 is 44.6 Å². The van der Waals surface area contributed by atoms with Gasteiger partial charge in [0, 0.05) is 21.6 Å². The number of thiophene rings is 1. The molecule has 2 aromatic rings. The highest BCUT2D eigenvalue weighted by atomic mass is 79.9. The van der Waals surface area contributed by atoms with Crippen LogP contribution in [0.3, 0.4) is 0 Å². The van der Waals surface area contributed by atoms with Gasteiger partial charge in [0.05, 0.1) is 11.1 Å². The summed E-state index contributed by atoms with van der Waals surface area (Å²) in [6.07, 6.45) is 0. The van der Waals surface area contributed by atoms with E-state index in [1.807, 2.05) is 18.2 Å². The van der Waals surface area contributed by atoms with Gasteiger partial charge in [-0.3, -0.25) is 0 Å². The molecule has 1 aromatic carbocycles. The summed E-state index contributed by atoms with van der Waals surface area (Å²) in [6, 6.07) is 11.0. The lowest BCUT2D eigenvalue weighted by Gasteiger charge is -2.05. The van der Waals surface area contributed by atoms with E-state index in [2.05, 4.69) is 21.2 Å². The Bertz CT molecular complexity index is 677. The Kier molecular flexibility index (Phi) is 4.44. The molecular weight excluding hydrogens is 346 g/mol. The minimum absolute atomic E-state index is 0.373. The van der Waals surface area contributed by atoms with Crippen LogP contribution in [0.2, 0.25) is 4.34 Å². The first-order valence-corrected chi connectivity index (χ1v) is 7.24. The van der Waals surface area contributed by atoms with E-state index < -0.39 is 0 Å². The number of hydrogen-bond acceptors (Lipinski definition) is 4. The third kappa shape index (κ3) is 3.27. The monoisotopic (exact) mass is 351 g/mol. The highest BCUT2D eigenvalue weighted by molar-refractivity contribution is 9.10. The molecule has 0 spiro atoms. The summed E-state index contributed by atoms with van der Waals surface area (Å²) in [5.41, 5.74) is 1.56. The third-order valence-electron chi connectivity index (χ3n) is 2.42. The van der Waals surface area contributed by atoms with Crippen LogP contribution in [-0.4, -0.2) is 0 Å². The number of anilines is 1. The minimum Gasteiger partial charge on any atom is -0.380 e. The van der Waals surface area contributed by atoms with Crippen molar-refractivity contribution in [3.63, 3.8) is 0 Å². The van der Waals surface area contributed by atoms with Crippen molar-refractivity contribution in [1.82, 2.24) is 0 Å². The molecule has 94 valence electrons. The maximum absolute atomic E-state index is 8.95. The zero-order chi connectivity index (χ0) is 13.8. The molecule has 0 fully saturated rings. The van der Waals surface area contributed by atoms with Crippen LogP contribution in [0.5, 0.6) is 0 Å². The molecule has 0 bridgehead atoms. The van der Waals surface area contributed by atoms with Crippen LogP contribution >= 0.6 is 38.9 Å². The standard InChI is InChI=1S/C13H7BrClN3S/c14-12-4-11(19-13(12)15)7-18-10-2-1-8(5-16)9(3-10)6-17/h1-4,18H,7H2. The summed E-state index contributed by atoms with van der Waals surface area (Å²) >= 11 is 10.8. The zero-order valence-electron chi connectivity index (χ0n) is 9.58. The number of nitrogens with one attached hydrogen (secondary N) is 1. The second kappa shape index (κ2) is 6.08. The minimum atomic E-state index is 0.373. The van der Waals surface area contributed by atoms with Gasteiger partial charge in [-0.05, 0) is 40.2 Å². The van der Waals surface area contributed by atoms with Crippen LogP contribution < -0.4 is 5.32 Å². The summed E-state index contributed by atoms with van der Waals surface area (Å²) in [5, 5.41) is 21.0. The van der Waals surface area contributed by atoms with Crippen molar-refractivity contribution in [2.75, 3.05) is 5.32 Å². The van der Waals surface area contributed by atoms with Crippen LogP contribution in [-0.2, 0) is 6.54 Å². The van der Waals surface area contributed by atoms with Crippen LogP contribution in [0.25, 0.3) is 0 Å². The Labute approximate surface area is 128 Å². The number of rotatable bonds is 3. The molecule has 0 saturated heterocycles. The van der Waals surface area contributed by atoms with Crippen LogP contribution in [0, 0.1) is 22.7 Å². The summed E-state index contributed by atoms with van der Waals surface area (Å²) in [6.45, 7) is 0.618. The van der Waals surface area contributed by atoms with Crippen molar-refractivity contribution < 1.29 is 0 Å². The number of benzene rings is 1. The van der Waals surface area contributed by atoms with E-state index in [0.29, 0.717) is 22.0 Å². The maximum Gasteiger partial charge on any atom is 0.107 e. The van der Waals surface area contributed by atoms with Crippen molar-refractivity contribution in [3.05, 3.63) is 49.1 Å². The predicted molar refractivity (Wildman–Crippen MR) is 80.2 cm³/mol. The predicted octanol–water partition coefficient (Wildman–Crippen LogP) is 4.52. The van der Waals surface area contributed by atoms with Crippen molar-refractivity contribution in [1.29, 1.82) is 10.5 Å². The van der Waals surface area contributed by atoms with E-state index in [4.69, 9.17) is 22.1 Å². The molecule has 1 aromatic heterocycles. The molecule has 1 N–H and O–H groups in total. The number of nitriles is 2. The summed E-state index contributed by atoms with van der Waals surface area (Å²) in [4.78, 5) is 1.08. The average Bonchev–Trinajstić information content (AvgIpc) is 2.75. The molecule has 0 atom stereocenters. The van der Waals surface area contributed by atoms with Gasteiger partial charge in [0.15, 0.2) is 0 Å². The van der Waals surface area contributed by atoms with Crippen LogP contribution in [0.15, 0.2) is 28.7 Å². The van der Waals surface area contributed by atoms with E-state index in [1.165, 1.54) is 11.3 Å². The molecule has 0 unspecified atom stereocenters. The fraction of sp³-hybridized carbons (Fsp3) is 0.0769. The number of halogens is 2. The summed E-state index contributed by atoms with van der Waals surface area (Å²) in [7, 11) is 0. The highest BCUT2D eigenvalue weighted by Crippen LogP contribution is 2.32. The van der Waals surface area contributed by atoms with Crippen LogP contribution in [0.1, 0.15) is 16.0 Å². The topological polar surface area (TPSA) is 59.6 Å². The van der Waals surface area contributed by atoms with Gasteiger partial charge < -0.3 is 5.32 Å². The lowest BCUT2D eigenvalue weighted by molar-refractivity contribution is 1.19. The third-order valence-corrected chi connectivity index (χ3v) is 4.90. The smallest absolute Gasteiger partial charge is 0.107 e. The maximum atomic E-state index is 8.95. The molecule has 0 aliphatic carbocycles. The van der Waals surface area contributed by atoms with Gasteiger partial charge in [0.1, 0.15) is 16.5 Å². The lowest BCUT2D eigenvalue weighted by atomic mass is 10.1. The van der Waals surface area contributed by atoms with Gasteiger partial charge in [-0.15, -0.1) is 11.3 Å². The molecule has 0 saturated carbocycles. The summed E-state index contributed by atoms with van der Waals surface area (Å²) in [5.74, 6) is 0. The SMILES string of the molecule is N#Cc1ccc(NCc2cc(Br)c(Cl)s2)cc1C#N. The van der Waals surface area contributed by atoms with E-state index >= 15 is 0 Å². The molecule has 0 amide bonds. The van der Waals surface area contributed by atoms with Gasteiger partial charge in [0.25, 0.3) is 0 Å². The second-order valence-corrected chi connectivity index (χ2v) is 6.27. The van der Waals surface area contributed by atoms with Crippen molar-refractivity contribution in [2.45, 2.75) is 6.54 Å². The first kappa shape index (κ1) is 13.9. The van der Waals surface area contributed by atoms with Crippen molar-refractivity contribution in [3.8, 4) is 12.1 Å². The first-order chi connectivity index (χ1) is 9.13. The fourth-order valence-electron chi connectivity index (χ4n) is 1.51. The Morgan fingerprint density at radius 2 is 1.95 bits per heavy atom. The molecule has 19 heavy (non-hydrogen) atoms. The first-order valence-electron chi connectivity index (χ1n) is 5.26. The normalized spacial score (nSPS) is 9.68. The van der Waals surface area contributed by atoms with Gasteiger partial charge in [-0.25, -0.2) is 0 Å². The molecule has 0 aliphatic heterocycles. The van der Waals surface area contributed by atoms with E-state index in [1.54, 1.807) is 18.2 Å². The molecule has 0 aliphatic rings. The van der Waals surface area contributed by atoms with Crippen LogP contribution in [0.4, 0.5) is 5.69 Å². The van der Waals surface area contributed by atoms with Gasteiger partial charge in [-0.2, -0.15) is 10.5 Å². The zero-order valence-corrected chi connectivity index (χ0v) is 12.7. The van der Waals surface area contributed by atoms with E-state index in [-0.39, 0.29) is 0 Å². The Morgan fingerprint density at radius 1 is 1.21 bits per heavy atom. The number of nitrogens with zero attached hydrogens (tertiary/aromatic N) is 2. The highest BCUT2D eigenvalue weighted by Gasteiger charge is 2.06. The van der Waals surface area contributed by atoms with Crippen molar-refractivity contribution in [2.24, 2.45) is 0 Å². The van der Waals surface area contributed by atoms with E-state index in [0.717, 1.165) is 15.0 Å². The van der Waals surface area contributed by atoms with Gasteiger partial charge in [-0.1, -0.05) is 11.6 Å². The lowest BCUT2D eigenvalue weighted by Crippen LogP contribution is -1.98. The second-order valence-electron chi connectivity index (χ2n) is 3.67. The summed E-state index contributed by atoms with van der Waals surface area (Å²) < 4.78 is 1.60. The fourth-order valence-corrected chi connectivity index (χ4v) is 3.24. The molecule has 3 nitrogen and oxygen atoms in total. The number of hydrogen-bond donors (Lipinski definition) is 1.